The van der Waals surface area contributed by atoms with E-state index < -0.39 is 0 Å². The standard InChI is InChI=1S/C18H24N4O/c1-14-4-2-6-16-17(14)19-13-20-18(16)22-7-3-5-15(22)12-21-8-10-23-11-9-21/h2,4,6,13,15H,3,5,7-12H2,1H3. The number of hydrogen-bond donors (Lipinski definition) is 0. The third kappa shape index (κ3) is 2.91. The maximum atomic E-state index is 5.47. The van der Waals surface area contributed by atoms with E-state index in [1.165, 1.54) is 23.8 Å². The van der Waals surface area contributed by atoms with Gasteiger partial charge in [-0.2, -0.15) is 0 Å². The van der Waals surface area contributed by atoms with E-state index in [0.29, 0.717) is 6.04 Å². The van der Waals surface area contributed by atoms with Crippen LogP contribution in [0.5, 0.6) is 0 Å². The van der Waals surface area contributed by atoms with Crippen LogP contribution in [0.1, 0.15) is 18.4 Å². The van der Waals surface area contributed by atoms with Gasteiger partial charge in [0.15, 0.2) is 0 Å². The maximum Gasteiger partial charge on any atom is 0.140 e. The Morgan fingerprint density at radius 3 is 2.91 bits per heavy atom. The quantitative estimate of drug-likeness (QED) is 0.869. The molecule has 23 heavy (non-hydrogen) atoms. The summed E-state index contributed by atoms with van der Waals surface area (Å²) in [6, 6.07) is 6.93. The summed E-state index contributed by atoms with van der Waals surface area (Å²) in [6.45, 7) is 8.15. The first-order valence-electron chi connectivity index (χ1n) is 8.60. The minimum Gasteiger partial charge on any atom is -0.379 e. The molecule has 0 spiro atoms. The Labute approximate surface area is 137 Å². The second-order valence-electron chi connectivity index (χ2n) is 6.57. The first kappa shape index (κ1) is 14.8. The Bertz CT molecular complexity index is 684. The van der Waals surface area contributed by atoms with Crippen LogP contribution < -0.4 is 4.90 Å². The van der Waals surface area contributed by atoms with Crippen molar-refractivity contribution in [3.63, 3.8) is 0 Å². The molecule has 2 aromatic rings. The second-order valence-corrected chi connectivity index (χ2v) is 6.57. The molecular formula is C18H24N4O. The van der Waals surface area contributed by atoms with Crippen LogP contribution in [0.15, 0.2) is 24.5 Å². The van der Waals surface area contributed by atoms with E-state index in [4.69, 9.17) is 4.74 Å². The molecule has 0 amide bonds. The van der Waals surface area contributed by atoms with Crippen molar-refractivity contribution in [3.05, 3.63) is 30.1 Å². The number of aryl methyl sites for hydroxylation is 1. The minimum atomic E-state index is 0.548. The summed E-state index contributed by atoms with van der Waals surface area (Å²) >= 11 is 0. The third-order valence-electron chi connectivity index (χ3n) is 5.07. The van der Waals surface area contributed by atoms with E-state index in [9.17, 15) is 0 Å². The van der Waals surface area contributed by atoms with E-state index in [-0.39, 0.29) is 0 Å². The molecule has 2 aliphatic heterocycles. The van der Waals surface area contributed by atoms with Crippen LogP contribution in [0.2, 0.25) is 0 Å². The first-order valence-corrected chi connectivity index (χ1v) is 8.60. The van der Waals surface area contributed by atoms with Gasteiger partial charge in [-0.05, 0) is 31.4 Å². The van der Waals surface area contributed by atoms with Crippen LogP contribution >= 0.6 is 0 Å². The smallest absolute Gasteiger partial charge is 0.140 e. The average molecular weight is 312 g/mol. The Morgan fingerprint density at radius 2 is 2.04 bits per heavy atom. The lowest BCUT2D eigenvalue weighted by atomic mass is 10.1. The molecule has 2 fully saturated rings. The highest BCUT2D eigenvalue weighted by Crippen LogP contribution is 2.30. The van der Waals surface area contributed by atoms with Gasteiger partial charge in [0.2, 0.25) is 0 Å². The number of benzene rings is 1. The monoisotopic (exact) mass is 312 g/mol. The average Bonchev–Trinajstić information content (AvgIpc) is 3.04. The van der Waals surface area contributed by atoms with Crippen LogP contribution in [-0.4, -0.2) is 60.3 Å². The molecule has 1 aromatic heterocycles. The van der Waals surface area contributed by atoms with E-state index in [0.717, 1.165) is 50.7 Å². The van der Waals surface area contributed by atoms with Gasteiger partial charge in [-0.15, -0.1) is 0 Å². The number of para-hydroxylation sites is 1. The molecule has 0 aliphatic carbocycles. The zero-order chi connectivity index (χ0) is 15.6. The number of hydrogen-bond acceptors (Lipinski definition) is 5. The lowest BCUT2D eigenvalue weighted by Crippen LogP contribution is -2.45. The maximum absolute atomic E-state index is 5.47. The van der Waals surface area contributed by atoms with Crippen LogP contribution in [0.25, 0.3) is 10.9 Å². The van der Waals surface area contributed by atoms with Crippen molar-refractivity contribution in [2.45, 2.75) is 25.8 Å². The van der Waals surface area contributed by atoms with Gasteiger partial charge in [0.05, 0.1) is 18.7 Å². The van der Waals surface area contributed by atoms with Crippen LogP contribution in [-0.2, 0) is 4.74 Å². The molecule has 0 bridgehead atoms. The molecule has 122 valence electrons. The van der Waals surface area contributed by atoms with Crippen LogP contribution in [0.3, 0.4) is 0 Å². The Kier molecular flexibility index (Phi) is 4.14. The number of anilines is 1. The predicted molar refractivity (Wildman–Crippen MR) is 91.9 cm³/mol. The SMILES string of the molecule is Cc1cccc2c(N3CCCC3CN3CCOCC3)ncnc12. The summed E-state index contributed by atoms with van der Waals surface area (Å²) in [5.74, 6) is 1.11. The molecule has 2 aliphatic rings. The molecule has 1 aromatic carbocycles. The summed E-state index contributed by atoms with van der Waals surface area (Å²) in [7, 11) is 0. The topological polar surface area (TPSA) is 41.5 Å². The number of aromatic nitrogens is 2. The number of fused-ring (bicyclic) bond motifs is 1. The number of morpholine rings is 1. The van der Waals surface area contributed by atoms with Crippen LogP contribution in [0, 0.1) is 6.92 Å². The van der Waals surface area contributed by atoms with Crippen molar-refractivity contribution in [2.24, 2.45) is 0 Å². The highest BCUT2D eigenvalue weighted by molar-refractivity contribution is 5.91. The van der Waals surface area contributed by atoms with Gasteiger partial charge >= 0.3 is 0 Å². The molecule has 1 atom stereocenters. The van der Waals surface area contributed by atoms with Gasteiger partial charge in [-0.3, -0.25) is 4.90 Å². The zero-order valence-corrected chi connectivity index (χ0v) is 13.7. The van der Waals surface area contributed by atoms with Crippen LogP contribution in [0.4, 0.5) is 5.82 Å². The molecule has 0 saturated carbocycles. The number of nitrogens with zero attached hydrogens (tertiary/aromatic N) is 4. The molecule has 3 heterocycles. The molecule has 4 rings (SSSR count). The van der Waals surface area contributed by atoms with Crippen molar-refractivity contribution in [1.29, 1.82) is 0 Å². The van der Waals surface area contributed by atoms with Gasteiger partial charge in [-0.1, -0.05) is 12.1 Å². The van der Waals surface area contributed by atoms with Gasteiger partial charge in [0.1, 0.15) is 12.1 Å². The van der Waals surface area contributed by atoms with Gasteiger partial charge in [0.25, 0.3) is 0 Å². The van der Waals surface area contributed by atoms with Crippen molar-refractivity contribution in [2.75, 3.05) is 44.3 Å². The first-order chi connectivity index (χ1) is 11.3. The molecule has 2 saturated heterocycles. The number of ether oxygens (including phenoxy) is 1. The van der Waals surface area contributed by atoms with Gasteiger partial charge < -0.3 is 9.64 Å². The highest BCUT2D eigenvalue weighted by Gasteiger charge is 2.29. The van der Waals surface area contributed by atoms with E-state index >= 15 is 0 Å². The summed E-state index contributed by atoms with van der Waals surface area (Å²) in [5.41, 5.74) is 2.30. The molecule has 1 unspecified atom stereocenters. The summed E-state index contributed by atoms with van der Waals surface area (Å²) < 4.78 is 5.47. The molecule has 0 N–H and O–H groups in total. The van der Waals surface area contributed by atoms with Crippen molar-refractivity contribution < 1.29 is 4.74 Å². The zero-order valence-electron chi connectivity index (χ0n) is 13.7. The number of rotatable bonds is 3. The van der Waals surface area contributed by atoms with Gasteiger partial charge in [0, 0.05) is 37.6 Å². The summed E-state index contributed by atoms with van der Waals surface area (Å²) in [5, 5.41) is 1.18. The third-order valence-corrected chi connectivity index (χ3v) is 5.07. The van der Waals surface area contributed by atoms with Crippen molar-refractivity contribution in [3.8, 4) is 0 Å². The summed E-state index contributed by atoms with van der Waals surface area (Å²) in [4.78, 5) is 14.2. The Morgan fingerprint density at radius 1 is 1.17 bits per heavy atom. The molecule has 0 radical (unpaired) electrons. The lowest BCUT2D eigenvalue weighted by molar-refractivity contribution is 0.0355. The fourth-order valence-electron chi connectivity index (χ4n) is 3.84. The van der Waals surface area contributed by atoms with E-state index in [1.54, 1.807) is 6.33 Å². The fourth-order valence-corrected chi connectivity index (χ4v) is 3.84. The van der Waals surface area contributed by atoms with Crippen molar-refractivity contribution >= 4 is 16.7 Å². The fraction of sp³-hybridized carbons (Fsp3) is 0.556. The predicted octanol–water partition coefficient (Wildman–Crippen LogP) is 2.24. The summed E-state index contributed by atoms with van der Waals surface area (Å²) in [6.07, 6.45) is 4.20. The highest BCUT2D eigenvalue weighted by atomic mass is 16.5. The van der Waals surface area contributed by atoms with Crippen molar-refractivity contribution in [1.82, 2.24) is 14.9 Å². The normalized spacial score (nSPS) is 22.8. The molecule has 5 heteroatoms. The Hall–Kier alpha value is -1.72. The minimum absolute atomic E-state index is 0.548. The molecular weight excluding hydrogens is 288 g/mol. The largest absolute Gasteiger partial charge is 0.379 e. The van der Waals surface area contributed by atoms with E-state index in [2.05, 4.69) is 44.9 Å². The van der Waals surface area contributed by atoms with E-state index in [1.807, 2.05) is 0 Å². The lowest BCUT2D eigenvalue weighted by Gasteiger charge is -2.33. The second kappa shape index (κ2) is 6.42. The Balaban J connectivity index is 1.62. The van der Waals surface area contributed by atoms with Gasteiger partial charge in [-0.25, -0.2) is 9.97 Å². The molecule has 5 nitrogen and oxygen atoms in total.